The molecule has 0 aromatic heterocycles. The zero-order valence-electron chi connectivity index (χ0n) is 15.4. The lowest BCUT2D eigenvalue weighted by Crippen LogP contribution is -2.08. The second-order valence-electron chi connectivity index (χ2n) is 6.06. The standard InChI is InChI=1S/C22H24O5/c1-2-3-4-5-16-26-19-13-9-18(10-14-19)22(25)27-20-11-6-17(7-12-20)8-15-21(23)24/h6-15H,2-5,16H2,1H3,(H,23,24). The van der Waals surface area contributed by atoms with Gasteiger partial charge < -0.3 is 14.6 Å². The molecule has 1 N–H and O–H groups in total. The normalized spacial score (nSPS) is 10.7. The largest absolute Gasteiger partial charge is 0.494 e. The Bertz CT molecular complexity index is 760. The SMILES string of the molecule is CCCCCCOc1ccc(C(=O)Oc2ccc(C=CC(=O)O)cc2)cc1. The minimum absolute atomic E-state index is 0.392. The molecule has 0 spiro atoms. The van der Waals surface area contributed by atoms with Crippen LogP contribution >= 0.6 is 0 Å². The first-order chi connectivity index (χ1) is 13.1. The Labute approximate surface area is 159 Å². The molecule has 0 aliphatic carbocycles. The van der Waals surface area contributed by atoms with Crippen molar-refractivity contribution in [2.75, 3.05) is 6.61 Å². The highest BCUT2D eigenvalue weighted by molar-refractivity contribution is 5.91. The number of benzene rings is 2. The predicted octanol–water partition coefficient (Wildman–Crippen LogP) is 4.96. The molecule has 2 rings (SSSR count). The smallest absolute Gasteiger partial charge is 0.343 e. The van der Waals surface area contributed by atoms with Crippen LogP contribution in [0.2, 0.25) is 0 Å². The van der Waals surface area contributed by atoms with Crippen LogP contribution in [-0.4, -0.2) is 23.7 Å². The molecule has 0 heterocycles. The summed E-state index contributed by atoms with van der Waals surface area (Å²) in [5.74, 6) is -0.349. The number of carboxylic acids is 1. The Morgan fingerprint density at radius 1 is 0.926 bits per heavy atom. The van der Waals surface area contributed by atoms with Gasteiger partial charge in [0, 0.05) is 6.08 Å². The summed E-state index contributed by atoms with van der Waals surface area (Å²) < 4.78 is 11.0. The van der Waals surface area contributed by atoms with Crippen LogP contribution in [0.1, 0.15) is 48.5 Å². The van der Waals surface area contributed by atoms with E-state index in [1.54, 1.807) is 48.5 Å². The molecule has 0 atom stereocenters. The summed E-state index contributed by atoms with van der Waals surface area (Å²) in [4.78, 5) is 22.7. The number of rotatable bonds is 10. The van der Waals surface area contributed by atoms with E-state index < -0.39 is 11.9 Å². The Hall–Kier alpha value is -3.08. The minimum Gasteiger partial charge on any atom is -0.494 e. The zero-order valence-corrected chi connectivity index (χ0v) is 15.4. The number of unbranched alkanes of at least 4 members (excludes halogenated alkanes) is 3. The topological polar surface area (TPSA) is 72.8 Å². The van der Waals surface area contributed by atoms with Crippen molar-refractivity contribution in [3.63, 3.8) is 0 Å². The fourth-order valence-corrected chi connectivity index (χ4v) is 2.39. The second-order valence-corrected chi connectivity index (χ2v) is 6.06. The molecule has 0 saturated carbocycles. The molecule has 0 bridgehead atoms. The Kier molecular flexibility index (Phi) is 8.10. The molecule has 5 heteroatoms. The number of hydrogen-bond donors (Lipinski definition) is 1. The monoisotopic (exact) mass is 368 g/mol. The summed E-state index contributed by atoms with van der Waals surface area (Å²) in [6.07, 6.45) is 7.11. The fourth-order valence-electron chi connectivity index (χ4n) is 2.39. The lowest BCUT2D eigenvalue weighted by atomic mass is 10.2. The van der Waals surface area contributed by atoms with E-state index in [9.17, 15) is 9.59 Å². The van der Waals surface area contributed by atoms with Gasteiger partial charge in [-0.25, -0.2) is 9.59 Å². The van der Waals surface area contributed by atoms with E-state index in [1.807, 2.05) is 0 Å². The van der Waals surface area contributed by atoms with Gasteiger partial charge in [-0.05, 0) is 54.5 Å². The first kappa shape index (κ1) is 20.2. The molecule has 0 radical (unpaired) electrons. The minimum atomic E-state index is -1.01. The fraction of sp³-hybridized carbons (Fsp3) is 0.273. The van der Waals surface area contributed by atoms with Crippen molar-refractivity contribution in [1.82, 2.24) is 0 Å². The van der Waals surface area contributed by atoms with Gasteiger partial charge in [-0.3, -0.25) is 0 Å². The summed E-state index contributed by atoms with van der Waals surface area (Å²) >= 11 is 0. The van der Waals surface area contributed by atoms with Gasteiger partial charge in [-0.15, -0.1) is 0 Å². The maximum atomic E-state index is 12.2. The molecule has 0 amide bonds. The highest BCUT2D eigenvalue weighted by atomic mass is 16.5. The number of hydrogen-bond acceptors (Lipinski definition) is 4. The third kappa shape index (κ3) is 7.36. The molecule has 2 aromatic carbocycles. The summed E-state index contributed by atoms with van der Waals surface area (Å²) in [6, 6.07) is 13.5. The number of carbonyl (C=O) groups excluding carboxylic acids is 1. The summed E-state index contributed by atoms with van der Waals surface area (Å²) in [7, 11) is 0. The number of esters is 1. The Balaban J connectivity index is 1.85. The first-order valence-electron chi connectivity index (χ1n) is 9.04. The van der Waals surface area contributed by atoms with Crippen molar-refractivity contribution < 1.29 is 24.2 Å². The van der Waals surface area contributed by atoms with E-state index in [1.165, 1.54) is 18.9 Å². The van der Waals surface area contributed by atoms with Gasteiger partial charge in [0.1, 0.15) is 11.5 Å². The average Bonchev–Trinajstić information content (AvgIpc) is 2.67. The van der Waals surface area contributed by atoms with E-state index >= 15 is 0 Å². The van der Waals surface area contributed by atoms with E-state index in [4.69, 9.17) is 14.6 Å². The van der Waals surface area contributed by atoms with Crippen molar-refractivity contribution in [3.05, 3.63) is 65.7 Å². The van der Waals surface area contributed by atoms with Gasteiger partial charge >= 0.3 is 11.9 Å². The highest BCUT2D eigenvalue weighted by Crippen LogP contribution is 2.17. The number of ether oxygens (including phenoxy) is 2. The van der Waals surface area contributed by atoms with Gasteiger partial charge in [0.25, 0.3) is 0 Å². The summed E-state index contributed by atoms with van der Waals surface area (Å²) in [5, 5.41) is 8.61. The van der Waals surface area contributed by atoms with Gasteiger partial charge in [0.15, 0.2) is 0 Å². The molecule has 0 aliphatic heterocycles. The van der Waals surface area contributed by atoms with Crippen molar-refractivity contribution >= 4 is 18.0 Å². The molecule has 27 heavy (non-hydrogen) atoms. The third-order valence-electron chi connectivity index (χ3n) is 3.87. The van der Waals surface area contributed by atoms with Crippen molar-refractivity contribution in [2.45, 2.75) is 32.6 Å². The summed E-state index contributed by atoms with van der Waals surface area (Å²) in [6.45, 7) is 2.84. The predicted molar refractivity (Wildman–Crippen MR) is 104 cm³/mol. The van der Waals surface area contributed by atoms with Crippen LogP contribution in [0.4, 0.5) is 0 Å². The lowest BCUT2D eigenvalue weighted by Gasteiger charge is -2.08. The molecule has 5 nitrogen and oxygen atoms in total. The number of aliphatic carboxylic acids is 1. The van der Waals surface area contributed by atoms with E-state index in [0.29, 0.717) is 23.5 Å². The van der Waals surface area contributed by atoms with Crippen molar-refractivity contribution in [3.8, 4) is 11.5 Å². The number of carbonyl (C=O) groups is 2. The van der Waals surface area contributed by atoms with Gasteiger partial charge in [-0.2, -0.15) is 0 Å². The lowest BCUT2D eigenvalue weighted by molar-refractivity contribution is -0.131. The Morgan fingerprint density at radius 2 is 1.59 bits per heavy atom. The maximum absolute atomic E-state index is 12.2. The molecular weight excluding hydrogens is 344 g/mol. The van der Waals surface area contributed by atoms with Crippen LogP contribution in [0.15, 0.2) is 54.6 Å². The van der Waals surface area contributed by atoms with E-state index in [-0.39, 0.29) is 0 Å². The average molecular weight is 368 g/mol. The van der Waals surface area contributed by atoms with Crippen molar-refractivity contribution in [1.29, 1.82) is 0 Å². The Morgan fingerprint density at radius 3 is 2.22 bits per heavy atom. The number of carboxylic acid groups (broad SMARTS) is 1. The van der Waals surface area contributed by atoms with E-state index in [0.717, 1.165) is 24.7 Å². The van der Waals surface area contributed by atoms with E-state index in [2.05, 4.69) is 6.92 Å². The van der Waals surface area contributed by atoms with Gasteiger partial charge in [-0.1, -0.05) is 38.3 Å². The highest BCUT2D eigenvalue weighted by Gasteiger charge is 2.08. The van der Waals surface area contributed by atoms with Crippen LogP contribution in [0.5, 0.6) is 11.5 Å². The molecule has 0 aliphatic rings. The van der Waals surface area contributed by atoms with Crippen LogP contribution in [0, 0.1) is 0 Å². The molecule has 0 unspecified atom stereocenters. The first-order valence-corrected chi connectivity index (χ1v) is 9.04. The second kappa shape index (κ2) is 10.8. The molecule has 2 aromatic rings. The molecule has 0 saturated heterocycles. The van der Waals surface area contributed by atoms with Gasteiger partial charge in [0.05, 0.1) is 12.2 Å². The quantitative estimate of drug-likeness (QED) is 0.278. The van der Waals surface area contributed by atoms with Crippen LogP contribution < -0.4 is 9.47 Å². The maximum Gasteiger partial charge on any atom is 0.343 e. The van der Waals surface area contributed by atoms with Gasteiger partial charge in [0.2, 0.25) is 0 Å². The van der Waals surface area contributed by atoms with Crippen molar-refractivity contribution in [2.24, 2.45) is 0 Å². The van der Waals surface area contributed by atoms with Crippen LogP contribution in [0.3, 0.4) is 0 Å². The summed E-state index contributed by atoms with van der Waals surface area (Å²) in [5.41, 5.74) is 1.14. The third-order valence-corrected chi connectivity index (χ3v) is 3.87. The van der Waals surface area contributed by atoms with Crippen LogP contribution in [-0.2, 0) is 4.79 Å². The zero-order chi connectivity index (χ0) is 19.5. The molecule has 0 fully saturated rings. The van der Waals surface area contributed by atoms with Crippen LogP contribution in [0.25, 0.3) is 6.08 Å². The molecular formula is C22H24O5. The molecule has 142 valence electrons.